The second-order valence-corrected chi connectivity index (χ2v) is 4.34. The highest BCUT2D eigenvalue weighted by Crippen LogP contribution is 2.21. The summed E-state index contributed by atoms with van der Waals surface area (Å²) < 4.78 is 7.08. The van der Waals surface area contributed by atoms with E-state index in [-0.39, 0.29) is 17.9 Å². The van der Waals surface area contributed by atoms with Crippen molar-refractivity contribution in [2.75, 3.05) is 11.9 Å². The molecule has 1 amide bonds. The van der Waals surface area contributed by atoms with Gasteiger partial charge in [-0.25, -0.2) is 4.68 Å². The Hall–Kier alpha value is -1.43. The van der Waals surface area contributed by atoms with E-state index in [4.69, 9.17) is 4.74 Å². The number of hydrogen-bond acceptors (Lipinski definition) is 4. The van der Waals surface area contributed by atoms with Gasteiger partial charge in [0.25, 0.3) is 5.91 Å². The number of nitrogens with one attached hydrogen (secondary N) is 1. The quantitative estimate of drug-likeness (QED) is 0.852. The fourth-order valence-corrected chi connectivity index (χ4v) is 1.98. The predicted octanol–water partition coefficient (Wildman–Crippen LogP) is 0.970. The molecule has 1 N–H and O–H groups in total. The number of carbonyl (C=O) groups excluding carboxylic acids is 1. The van der Waals surface area contributed by atoms with Gasteiger partial charge in [-0.2, -0.15) is 10.1 Å². The summed E-state index contributed by atoms with van der Waals surface area (Å²) in [4.78, 5) is 16.2. The highest BCUT2D eigenvalue weighted by molar-refractivity contribution is 5.93. The van der Waals surface area contributed by atoms with E-state index in [1.165, 1.54) is 0 Å². The maximum absolute atomic E-state index is 12.0. The van der Waals surface area contributed by atoms with Crippen LogP contribution in [0.5, 0.6) is 0 Å². The molecule has 0 saturated carbocycles. The second kappa shape index (κ2) is 4.83. The van der Waals surface area contributed by atoms with Crippen molar-refractivity contribution in [3.05, 3.63) is 5.82 Å². The third-order valence-corrected chi connectivity index (χ3v) is 2.96. The highest BCUT2D eigenvalue weighted by atomic mass is 16.5. The first-order chi connectivity index (χ1) is 8.11. The zero-order valence-electron chi connectivity index (χ0n) is 10.4. The molecule has 2 rings (SSSR count). The number of nitrogens with zero attached hydrogens (tertiary/aromatic N) is 3. The van der Waals surface area contributed by atoms with Gasteiger partial charge < -0.3 is 4.74 Å². The SMILES string of the molecule is CCn1nc(C)nc1NC(=O)[C@@H]1OCC[C@@H]1C. The summed E-state index contributed by atoms with van der Waals surface area (Å²) in [5, 5.41) is 6.96. The fourth-order valence-electron chi connectivity index (χ4n) is 1.98. The molecule has 2 heterocycles. The van der Waals surface area contributed by atoms with Crippen molar-refractivity contribution >= 4 is 11.9 Å². The number of carbonyl (C=O) groups is 1. The lowest BCUT2D eigenvalue weighted by Gasteiger charge is -2.13. The first-order valence-corrected chi connectivity index (χ1v) is 5.95. The van der Waals surface area contributed by atoms with Gasteiger partial charge in [-0.1, -0.05) is 6.92 Å². The Balaban J connectivity index is 2.07. The molecule has 1 saturated heterocycles. The van der Waals surface area contributed by atoms with Crippen LogP contribution < -0.4 is 5.32 Å². The smallest absolute Gasteiger partial charge is 0.256 e. The molecule has 6 heteroatoms. The molecule has 0 aromatic carbocycles. The van der Waals surface area contributed by atoms with Gasteiger partial charge in [-0.3, -0.25) is 10.1 Å². The minimum absolute atomic E-state index is 0.128. The Morgan fingerprint density at radius 3 is 3.00 bits per heavy atom. The van der Waals surface area contributed by atoms with Crippen LogP contribution in [0.3, 0.4) is 0 Å². The van der Waals surface area contributed by atoms with Crippen molar-refractivity contribution in [3.63, 3.8) is 0 Å². The maximum atomic E-state index is 12.0. The number of hydrogen-bond donors (Lipinski definition) is 1. The summed E-state index contributed by atoms with van der Waals surface area (Å²) >= 11 is 0. The van der Waals surface area contributed by atoms with Gasteiger partial charge in [0.1, 0.15) is 11.9 Å². The Morgan fingerprint density at radius 1 is 1.65 bits per heavy atom. The molecule has 0 spiro atoms. The molecule has 6 nitrogen and oxygen atoms in total. The maximum Gasteiger partial charge on any atom is 0.256 e. The summed E-state index contributed by atoms with van der Waals surface area (Å²) in [6, 6.07) is 0. The fraction of sp³-hybridized carbons (Fsp3) is 0.727. The summed E-state index contributed by atoms with van der Waals surface area (Å²) in [6.07, 6.45) is 0.565. The van der Waals surface area contributed by atoms with Gasteiger partial charge in [-0.05, 0) is 26.2 Å². The summed E-state index contributed by atoms with van der Waals surface area (Å²) in [6.45, 7) is 7.11. The molecule has 0 bridgehead atoms. The third kappa shape index (κ3) is 2.46. The van der Waals surface area contributed by atoms with E-state index in [1.807, 2.05) is 13.8 Å². The number of anilines is 1. The zero-order valence-corrected chi connectivity index (χ0v) is 10.4. The van der Waals surface area contributed by atoms with Crippen LogP contribution in [-0.2, 0) is 16.1 Å². The lowest BCUT2D eigenvalue weighted by Crippen LogP contribution is -2.32. The van der Waals surface area contributed by atoms with Gasteiger partial charge in [0.15, 0.2) is 0 Å². The van der Waals surface area contributed by atoms with Crippen molar-refractivity contribution in [2.45, 2.75) is 39.8 Å². The molecule has 1 aromatic rings. The zero-order chi connectivity index (χ0) is 12.4. The monoisotopic (exact) mass is 238 g/mol. The van der Waals surface area contributed by atoms with Crippen molar-refractivity contribution in [2.24, 2.45) is 5.92 Å². The highest BCUT2D eigenvalue weighted by Gasteiger charge is 2.31. The first-order valence-electron chi connectivity index (χ1n) is 5.95. The van der Waals surface area contributed by atoms with Gasteiger partial charge in [0, 0.05) is 13.2 Å². The van der Waals surface area contributed by atoms with Crippen LogP contribution in [0.2, 0.25) is 0 Å². The molecule has 0 aliphatic carbocycles. The Morgan fingerprint density at radius 2 is 2.41 bits per heavy atom. The Labute approximate surface area is 100 Å². The van der Waals surface area contributed by atoms with E-state index >= 15 is 0 Å². The van der Waals surface area contributed by atoms with E-state index < -0.39 is 0 Å². The van der Waals surface area contributed by atoms with Crippen molar-refractivity contribution in [1.29, 1.82) is 0 Å². The van der Waals surface area contributed by atoms with Crippen LogP contribution in [0, 0.1) is 12.8 Å². The molecule has 1 aliphatic heterocycles. The number of aryl methyl sites for hydroxylation is 2. The summed E-state index contributed by atoms with van der Waals surface area (Å²) in [5.74, 6) is 1.28. The molecule has 1 aromatic heterocycles. The number of ether oxygens (including phenoxy) is 1. The van der Waals surface area contributed by atoms with Crippen LogP contribution >= 0.6 is 0 Å². The van der Waals surface area contributed by atoms with E-state index in [2.05, 4.69) is 15.4 Å². The van der Waals surface area contributed by atoms with Crippen LogP contribution in [0.25, 0.3) is 0 Å². The normalized spacial score (nSPS) is 23.9. The van der Waals surface area contributed by atoms with Gasteiger partial charge in [0.2, 0.25) is 5.95 Å². The van der Waals surface area contributed by atoms with Gasteiger partial charge >= 0.3 is 0 Å². The summed E-state index contributed by atoms with van der Waals surface area (Å²) in [5.41, 5.74) is 0. The van der Waals surface area contributed by atoms with E-state index in [0.29, 0.717) is 24.9 Å². The predicted molar refractivity (Wildman–Crippen MR) is 62.6 cm³/mol. The molecule has 1 aliphatic rings. The molecular formula is C11H18N4O2. The molecule has 0 unspecified atom stereocenters. The Kier molecular flexibility index (Phi) is 3.42. The number of rotatable bonds is 3. The molecule has 94 valence electrons. The van der Waals surface area contributed by atoms with Crippen molar-refractivity contribution in [3.8, 4) is 0 Å². The van der Waals surface area contributed by atoms with E-state index in [1.54, 1.807) is 11.6 Å². The van der Waals surface area contributed by atoms with Crippen LogP contribution in [0.4, 0.5) is 5.95 Å². The van der Waals surface area contributed by atoms with Crippen LogP contribution in [0.15, 0.2) is 0 Å². The minimum Gasteiger partial charge on any atom is -0.368 e. The van der Waals surface area contributed by atoms with Gasteiger partial charge in [0.05, 0.1) is 0 Å². The number of aromatic nitrogens is 3. The molecule has 0 radical (unpaired) electrons. The molecular weight excluding hydrogens is 220 g/mol. The van der Waals surface area contributed by atoms with E-state index in [0.717, 1.165) is 6.42 Å². The number of amides is 1. The lowest BCUT2D eigenvalue weighted by molar-refractivity contribution is -0.126. The summed E-state index contributed by atoms with van der Waals surface area (Å²) in [7, 11) is 0. The Bertz CT molecular complexity index is 416. The van der Waals surface area contributed by atoms with Crippen LogP contribution in [-0.4, -0.2) is 33.4 Å². The van der Waals surface area contributed by atoms with Crippen molar-refractivity contribution in [1.82, 2.24) is 14.8 Å². The van der Waals surface area contributed by atoms with E-state index in [9.17, 15) is 4.79 Å². The molecule has 2 atom stereocenters. The second-order valence-electron chi connectivity index (χ2n) is 4.34. The average Bonchev–Trinajstić information content (AvgIpc) is 2.84. The first kappa shape index (κ1) is 12.0. The standard InChI is InChI=1S/C11H18N4O2/c1-4-15-11(12-8(3)14-15)13-10(16)9-7(2)5-6-17-9/h7,9H,4-6H2,1-3H3,(H,12,13,14,16)/t7-,9+/m0/s1. The van der Waals surface area contributed by atoms with Crippen LogP contribution in [0.1, 0.15) is 26.1 Å². The van der Waals surface area contributed by atoms with Gasteiger partial charge in [-0.15, -0.1) is 0 Å². The average molecular weight is 238 g/mol. The third-order valence-electron chi connectivity index (χ3n) is 2.96. The lowest BCUT2D eigenvalue weighted by atomic mass is 10.0. The molecule has 17 heavy (non-hydrogen) atoms. The minimum atomic E-state index is -0.364. The van der Waals surface area contributed by atoms with Crippen molar-refractivity contribution < 1.29 is 9.53 Å². The topological polar surface area (TPSA) is 69.0 Å². The molecule has 1 fully saturated rings. The largest absolute Gasteiger partial charge is 0.368 e.